The van der Waals surface area contributed by atoms with E-state index in [1.54, 1.807) is 0 Å². The minimum absolute atomic E-state index is 0.174. The van der Waals surface area contributed by atoms with E-state index in [4.69, 9.17) is 4.74 Å². The molecule has 0 aliphatic carbocycles. The molecular formula is C16H25FN2O. The molecule has 0 aromatic heterocycles. The van der Waals surface area contributed by atoms with E-state index in [1.165, 1.54) is 12.1 Å². The van der Waals surface area contributed by atoms with Gasteiger partial charge in [-0.15, -0.1) is 0 Å². The van der Waals surface area contributed by atoms with Crippen LogP contribution in [0.15, 0.2) is 24.3 Å². The molecule has 0 atom stereocenters. The Kier molecular flexibility index (Phi) is 5.52. The van der Waals surface area contributed by atoms with Crippen LogP contribution in [0, 0.1) is 11.2 Å². The molecule has 0 bridgehead atoms. The van der Waals surface area contributed by atoms with E-state index in [2.05, 4.69) is 17.3 Å². The summed E-state index contributed by atoms with van der Waals surface area (Å²) < 4.78 is 18.4. The van der Waals surface area contributed by atoms with Gasteiger partial charge in [-0.2, -0.15) is 0 Å². The molecule has 112 valence electrons. The van der Waals surface area contributed by atoms with Crippen LogP contribution < -0.4 is 5.32 Å². The van der Waals surface area contributed by atoms with Crippen molar-refractivity contribution in [3.63, 3.8) is 0 Å². The third kappa shape index (κ3) is 4.27. The highest BCUT2D eigenvalue weighted by Crippen LogP contribution is 2.31. The Morgan fingerprint density at radius 3 is 2.50 bits per heavy atom. The predicted molar refractivity (Wildman–Crippen MR) is 79.1 cm³/mol. The second-order valence-corrected chi connectivity index (χ2v) is 5.94. The van der Waals surface area contributed by atoms with Crippen LogP contribution >= 0.6 is 0 Å². The molecule has 0 saturated carbocycles. The Hall–Kier alpha value is -0.970. The third-order valence-electron chi connectivity index (χ3n) is 4.08. The summed E-state index contributed by atoms with van der Waals surface area (Å²) in [6, 6.07) is 6.78. The van der Waals surface area contributed by atoms with Crippen molar-refractivity contribution in [3.05, 3.63) is 35.6 Å². The maximum absolute atomic E-state index is 12.9. The molecule has 20 heavy (non-hydrogen) atoms. The second-order valence-electron chi connectivity index (χ2n) is 5.94. The standard InChI is InChI=1S/C16H25FN2O/c1-18-12-16(7-9-20-10-8-16)13-19(2)11-14-3-5-15(17)6-4-14/h3-6,18H,7-13H2,1-2H3. The molecule has 0 spiro atoms. The van der Waals surface area contributed by atoms with Gasteiger partial charge in [-0.1, -0.05) is 12.1 Å². The molecule has 1 saturated heterocycles. The van der Waals surface area contributed by atoms with Gasteiger partial charge in [0.1, 0.15) is 5.82 Å². The molecule has 1 aromatic rings. The average Bonchev–Trinajstić information content (AvgIpc) is 2.42. The van der Waals surface area contributed by atoms with Gasteiger partial charge in [0.15, 0.2) is 0 Å². The fourth-order valence-corrected chi connectivity index (χ4v) is 3.10. The average molecular weight is 280 g/mol. The van der Waals surface area contributed by atoms with Crippen LogP contribution in [0.5, 0.6) is 0 Å². The summed E-state index contributed by atoms with van der Waals surface area (Å²) in [5.74, 6) is -0.174. The summed E-state index contributed by atoms with van der Waals surface area (Å²) in [6.45, 7) is 4.61. The second kappa shape index (κ2) is 7.16. The fraction of sp³-hybridized carbons (Fsp3) is 0.625. The SMILES string of the molecule is CNCC1(CN(C)Cc2ccc(F)cc2)CCOCC1. The van der Waals surface area contributed by atoms with E-state index in [0.29, 0.717) is 5.41 Å². The Labute approximate surface area is 121 Å². The monoisotopic (exact) mass is 280 g/mol. The van der Waals surface area contributed by atoms with Crippen LogP contribution in [-0.4, -0.2) is 45.3 Å². The van der Waals surface area contributed by atoms with E-state index < -0.39 is 0 Å². The molecule has 1 fully saturated rings. The van der Waals surface area contributed by atoms with Gasteiger partial charge >= 0.3 is 0 Å². The van der Waals surface area contributed by atoms with Gasteiger partial charge in [0, 0.05) is 32.8 Å². The lowest BCUT2D eigenvalue weighted by atomic mass is 9.79. The number of halogens is 1. The molecule has 0 radical (unpaired) electrons. The Balaban J connectivity index is 1.93. The van der Waals surface area contributed by atoms with Gasteiger partial charge in [0.05, 0.1) is 0 Å². The van der Waals surface area contributed by atoms with Crippen molar-refractivity contribution in [3.8, 4) is 0 Å². The maximum Gasteiger partial charge on any atom is 0.123 e. The van der Waals surface area contributed by atoms with Gasteiger partial charge in [-0.3, -0.25) is 0 Å². The van der Waals surface area contributed by atoms with Gasteiger partial charge < -0.3 is 15.0 Å². The summed E-state index contributed by atoms with van der Waals surface area (Å²) in [7, 11) is 4.15. The molecule has 1 aliphatic heterocycles. The van der Waals surface area contributed by atoms with E-state index in [9.17, 15) is 4.39 Å². The molecule has 2 rings (SSSR count). The first kappa shape index (κ1) is 15.4. The lowest BCUT2D eigenvalue weighted by molar-refractivity contribution is -0.000737. The molecule has 1 heterocycles. The first-order valence-electron chi connectivity index (χ1n) is 7.29. The number of ether oxygens (including phenoxy) is 1. The quantitative estimate of drug-likeness (QED) is 0.865. The van der Waals surface area contributed by atoms with Crippen molar-refractivity contribution in [2.75, 3.05) is 40.4 Å². The van der Waals surface area contributed by atoms with E-state index in [0.717, 1.165) is 51.3 Å². The topological polar surface area (TPSA) is 24.5 Å². The number of rotatable bonds is 6. The number of hydrogen-bond acceptors (Lipinski definition) is 3. The number of hydrogen-bond donors (Lipinski definition) is 1. The lowest BCUT2D eigenvalue weighted by Crippen LogP contribution is -2.45. The zero-order valence-electron chi connectivity index (χ0n) is 12.5. The lowest BCUT2D eigenvalue weighted by Gasteiger charge is -2.40. The molecule has 1 N–H and O–H groups in total. The fourth-order valence-electron chi connectivity index (χ4n) is 3.10. The first-order valence-corrected chi connectivity index (χ1v) is 7.29. The highest BCUT2D eigenvalue weighted by molar-refractivity contribution is 5.15. The largest absolute Gasteiger partial charge is 0.381 e. The van der Waals surface area contributed by atoms with Crippen LogP contribution in [0.2, 0.25) is 0 Å². The van der Waals surface area contributed by atoms with Crippen LogP contribution in [0.4, 0.5) is 4.39 Å². The van der Waals surface area contributed by atoms with Crippen LogP contribution in [0.25, 0.3) is 0 Å². The summed E-state index contributed by atoms with van der Waals surface area (Å²) in [6.07, 6.45) is 2.20. The normalized spacial score (nSPS) is 18.4. The van der Waals surface area contributed by atoms with Crippen molar-refractivity contribution in [2.45, 2.75) is 19.4 Å². The molecule has 4 heteroatoms. The van der Waals surface area contributed by atoms with Crippen LogP contribution in [0.3, 0.4) is 0 Å². The third-order valence-corrected chi connectivity index (χ3v) is 4.08. The van der Waals surface area contributed by atoms with Crippen LogP contribution in [-0.2, 0) is 11.3 Å². The van der Waals surface area contributed by atoms with E-state index in [-0.39, 0.29) is 5.82 Å². The summed E-state index contributed by atoms with van der Waals surface area (Å²) in [5.41, 5.74) is 1.45. The van der Waals surface area contributed by atoms with Crippen molar-refractivity contribution in [1.82, 2.24) is 10.2 Å². The highest BCUT2D eigenvalue weighted by Gasteiger charge is 2.33. The van der Waals surface area contributed by atoms with Gasteiger partial charge in [0.2, 0.25) is 0 Å². The highest BCUT2D eigenvalue weighted by atomic mass is 19.1. The van der Waals surface area contributed by atoms with Crippen molar-refractivity contribution >= 4 is 0 Å². The Morgan fingerprint density at radius 1 is 1.25 bits per heavy atom. The molecule has 1 aromatic carbocycles. The van der Waals surface area contributed by atoms with Crippen molar-refractivity contribution < 1.29 is 9.13 Å². The molecule has 0 unspecified atom stereocenters. The molecule has 0 amide bonds. The smallest absolute Gasteiger partial charge is 0.123 e. The van der Waals surface area contributed by atoms with Gasteiger partial charge in [0.25, 0.3) is 0 Å². The minimum Gasteiger partial charge on any atom is -0.381 e. The van der Waals surface area contributed by atoms with E-state index in [1.807, 2.05) is 19.2 Å². The molecular weight excluding hydrogens is 255 g/mol. The zero-order chi connectivity index (χ0) is 14.4. The zero-order valence-corrected chi connectivity index (χ0v) is 12.5. The minimum atomic E-state index is -0.174. The van der Waals surface area contributed by atoms with E-state index >= 15 is 0 Å². The van der Waals surface area contributed by atoms with Gasteiger partial charge in [-0.25, -0.2) is 4.39 Å². The Bertz CT molecular complexity index is 396. The first-order chi connectivity index (χ1) is 9.63. The van der Waals surface area contributed by atoms with Crippen molar-refractivity contribution in [2.24, 2.45) is 5.41 Å². The summed E-state index contributed by atoms with van der Waals surface area (Å²) in [5, 5.41) is 3.32. The summed E-state index contributed by atoms with van der Waals surface area (Å²) >= 11 is 0. The number of benzene rings is 1. The Morgan fingerprint density at radius 2 is 1.90 bits per heavy atom. The summed E-state index contributed by atoms with van der Waals surface area (Å²) in [4.78, 5) is 2.33. The molecule has 1 aliphatic rings. The van der Waals surface area contributed by atoms with Gasteiger partial charge in [-0.05, 0) is 50.0 Å². The molecule has 3 nitrogen and oxygen atoms in total. The number of nitrogens with one attached hydrogen (secondary N) is 1. The predicted octanol–water partition coefficient (Wildman–Crippen LogP) is 2.27. The van der Waals surface area contributed by atoms with Crippen LogP contribution in [0.1, 0.15) is 18.4 Å². The van der Waals surface area contributed by atoms with Crippen molar-refractivity contribution in [1.29, 1.82) is 0 Å². The maximum atomic E-state index is 12.9. The number of nitrogens with zero attached hydrogens (tertiary/aromatic N) is 1.